The van der Waals surface area contributed by atoms with Crippen LogP contribution >= 0.6 is 0 Å². The fourth-order valence-corrected chi connectivity index (χ4v) is 5.01. The van der Waals surface area contributed by atoms with Crippen molar-refractivity contribution in [2.45, 2.75) is 83.8 Å². The summed E-state index contributed by atoms with van der Waals surface area (Å²) >= 11 is 0. The Morgan fingerprint density at radius 2 is 1.85 bits per heavy atom. The number of piperidine rings is 1. The summed E-state index contributed by atoms with van der Waals surface area (Å²) in [4.78, 5) is 15.8. The van der Waals surface area contributed by atoms with Crippen LogP contribution in [-0.2, 0) is 11.2 Å². The molecule has 4 heteroatoms. The van der Waals surface area contributed by atoms with Crippen LogP contribution in [0.2, 0.25) is 0 Å². The maximum absolute atomic E-state index is 13.6. The molecule has 1 atom stereocenters. The fourth-order valence-electron chi connectivity index (χ4n) is 5.01. The van der Waals surface area contributed by atoms with Gasteiger partial charge in [0, 0.05) is 23.7 Å². The molecule has 0 aromatic heterocycles. The molecular weight excluding hydrogens is 336 g/mol. The number of fused-ring (bicyclic) bond motifs is 1. The molecule has 1 amide bonds. The van der Waals surface area contributed by atoms with Gasteiger partial charge in [0.15, 0.2) is 0 Å². The Morgan fingerprint density at radius 3 is 2.52 bits per heavy atom. The second-order valence-corrected chi connectivity index (χ2v) is 9.66. The van der Waals surface area contributed by atoms with Gasteiger partial charge in [-0.3, -0.25) is 4.79 Å². The average Bonchev–Trinajstić information content (AvgIpc) is 2.59. The standard InChI is InChI=1S/C23H36N2O2/c1-6-7-12-25(19-14-22(2,3)24-23(4,5)15-19)21(26)18-13-17-10-8-9-11-20(17)27-16-18/h8-11,18-19,24H,6-7,12-16H2,1-5H3. The Labute approximate surface area is 164 Å². The zero-order valence-corrected chi connectivity index (χ0v) is 17.7. The van der Waals surface area contributed by atoms with Crippen LogP contribution in [-0.4, -0.2) is 41.1 Å². The molecule has 0 saturated carbocycles. The summed E-state index contributed by atoms with van der Waals surface area (Å²) in [7, 11) is 0. The quantitative estimate of drug-likeness (QED) is 0.843. The van der Waals surface area contributed by atoms with Gasteiger partial charge in [-0.05, 0) is 65.0 Å². The summed E-state index contributed by atoms with van der Waals surface area (Å²) in [5.74, 6) is 1.14. The molecular formula is C23H36N2O2. The van der Waals surface area contributed by atoms with Crippen molar-refractivity contribution in [1.82, 2.24) is 10.2 Å². The summed E-state index contributed by atoms with van der Waals surface area (Å²) < 4.78 is 5.92. The maximum atomic E-state index is 13.6. The first kappa shape index (κ1) is 20.2. The number of nitrogens with zero attached hydrogens (tertiary/aromatic N) is 1. The van der Waals surface area contributed by atoms with Crippen LogP contribution < -0.4 is 10.1 Å². The molecule has 1 aromatic carbocycles. The largest absolute Gasteiger partial charge is 0.492 e. The first-order valence-corrected chi connectivity index (χ1v) is 10.5. The minimum Gasteiger partial charge on any atom is -0.492 e. The lowest BCUT2D eigenvalue weighted by molar-refractivity contribution is -0.141. The number of benzene rings is 1. The van der Waals surface area contributed by atoms with Gasteiger partial charge in [-0.15, -0.1) is 0 Å². The van der Waals surface area contributed by atoms with E-state index in [-0.39, 0.29) is 28.9 Å². The van der Waals surface area contributed by atoms with Gasteiger partial charge in [0.05, 0.1) is 5.92 Å². The van der Waals surface area contributed by atoms with Gasteiger partial charge in [0.25, 0.3) is 0 Å². The number of hydrogen-bond acceptors (Lipinski definition) is 3. The summed E-state index contributed by atoms with van der Waals surface area (Å²) in [6.07, 6.45) is 4.94. The van der Waals surface area contributed by atoms with Crippen LogP contribution in [0, 0.1) is 5.92 Å². The molecule has 1 saturated heterocycles. The second-order valence-electron chi connectivity index (χ2n) is 9.66. The van der Waals surface area contributed by atoms with E-state index in [1.54, 1.807) is 0 Å². The van der Waals surface area contributed by atoms with Crippen LogP contribution in [0.5, 0.6) is 5.75 Å². The van der Waals surface area contributed by atoms with Crippen LogP contribution in [0.25, 0.3) is 0 Å². The molecule has 0 bridgehead atoms. The third-order valence-electron chi connectivity index (χ3n) is 5.87. The number of carbonyl (C=O) groups excluding carboxylic acids is 1. The molecule has 27 heavy (non-hydrogen) atoms. The number of rotatable bonds is 5. The van der Waals surface area contributed by atoms with E-state index in [4.69, 9.17) is 4.74 Å². The summed E-state index contributed by atoms with van der Waals surface area (Å²) in [5, 5.41) is 3.74. The monoisotopic (exact) mass is 372 g/mol. The van der Waals surface area contributed by atoms with Crippen LogP contribution in [0.4, 0.5) is 0 Å². The third-order valence-corrected chi connectivity index (χ3v) is 5.87. The molecule has 2 aliphatic heterocycles. The normalized spacial score (nSPS) is 24.0. The first-order chi connectivity index (χ1) is 12.7. The molecule has 1 fully saturated rings. The van der Waals surface area contributed by atoms with Gasteiger partial charge in [-0.25, -0.2) is 0 Å². The predicted molar refractivity (Wildman–Crippen MR) is 110 cm³/mol. The smallest absolute Gasteiger partial charge is 0.229 e. The molecule has 1 unspecified atom stereocenters. The topological polar surface area (TPSA) is 41.6 Å². The van der Waals surface area contributed by atoms with Gasteiger partial charge in [0.1, 0.15) is 12.4 Å². The van der Waals surface area contributed by atoms with Gasteiger partial charge >= 0.3 is 0 Å². The second kappa shape index (κ2) is 7.83. The summed E-state index contributed by atoms with van der Waals surface area (Å²) in [6, 6.07) is 8.40. The van der Waals surface area contributed by atoms with E-state index in [1.807, 2.05) is 18.2 Å². The van der Waals surface area contributed by atoms with Crippen LogP contribution in [0.3, 0.4) is 0 Å². The van der Waals surface area contributed by atoms with E-state index >= 15 is 0 Å². The molecule has 2 aliphatic rings. The van der Waals surface area contributed by atoms with E-state index in [1.165, 1.54) is 0 Å². The lowest BCUT2D eigenvalue weighted by Gasteiger charge is -2.50. The Bertz CT molecular complexity index is 652. The van der Waals surface area contributed by atoms with Crippen molar-refractivity contribution in [3.8, 4) is 5.75 Å². The SMILES string of the molecule is CCCCN(C(=O)C1COc2ccccc2C1)C1CC(C)(C)NC(C)(C)C1. The molecule has 3 rings (SSSR count). The van der Waals surface area contributed by atoms with Crippen molar-refractivity contribution in [2.24, 2.45) is 5.92 Å². The highest BCUT2D eigenvalue weighted by molar-refractivity contribution is 5.80. The molecule has 0 radical (unpaired) electrons. The molecule has 2 heterocycles. The van der Waals surface area contributed by atoms with Crippen molar-refractivity contribution in [3.63, 3.8) is 0 Å². The Hall–Kier alpha value is -1.55. The molecule has 0 spiro atoms. The zero-order chi connectivity index (χ0) is 19.7. The van der Waals surface area contributed by atoms with Gasteiger partial charge in [-0.2, -0.15) is 0 Å². The number of para-hydroxylation sites is 1. The van der Waals surface area contributed by atoms with E-state index in [0.29, 0.717) is 6.61 Å². The number of nitrogens with one attached hydrogen (secondary N) is 1. The van der Waals surface area contributed by atoms with Crippen molar-refractivity contribution < 1.29 is 9.53 Å². The Morgan fingerprint density at radius 1 is 1.19 bits per heavy atom. The third kappa shape index (κ3) is 4.84. The van der Waals surface area contributed by atoms with Crippen molar-refractivity contribution in [1.29, 1.82) is 0 Å². The minimum absolute atomic E-state index is 0.0345. The molecule has 0 aliphatic carbocycles. The van der Waals surface area contributed by atoms with Crippen LogP contribution in [0.15, 0.2) is 24.3 Å². The molecule has 150 valence electrons. The van der Waals surface area contributed by atoms with Gasteiger partial charge in [-0.1, -0.05) is 31.5 Å². The number of unbranched alkanes of at least 4 members (excludes halogenated alkanes) is 1. The van der Waals surface area contributed by atoms with Crippen molar-refractivity contribution >= 4 is 5.91 Å². The first-order valence-electron chi connectivity index (χ1n) is 10.5. The number of carbonyl (C=O) groups is 1. The summed E-state index contributed by atoms with van der Waals surface area (Å²) in [5.41, 5.74) is 1.23. The fraction of sp³-hybridized carbons (Fsp3) is 0.696. The molecule has 4 nitrogen and oxygen atoms in total. The highest BCUT2D eigenvalue weighted by Crippen LogP contribution is 2.34. The van der Waals surface area contributed by atoms with E-state index < -0.39 is 0 Å². The lowest BCUT2D eigenvalue weighted by Crippen LogP contribution is -2.63. The molecule has 1 N–H and O–H groups in total. The number of amides is 1. The zero-order valence-electron chi connectivity index (χ0n) is 17.7. The number of hydrogen-bond donors (Lipinski definition) is 1. The van der Waals surface area contributed by atoms with Crippen molar-refractivity contribution in [3.05, 3.63) is 29.8 Å². The Balaban J connectivity index is 1.79. The Kier molecular flexibility index (Phi) is 5.85. The highest BCUT2D eigenvalue weighted by atomic mass is 16.5. The van der Waals surface area contributed by atoms with Crippen LogP contribution in [0.1, 0.15) is 65.9 Å². The van der Waals surface area contributed by atoms with Gasteiger partial charge < -0.3 is 15.0 Å². The van der Waals surface area contributed by atoms with Crippen molar-refractivity contribution in [2.75, 3.05) is 13.2 Å². The predicted octanol–water partition coefficient (Wildman–Crippen LogP) is 4.18. The van der Waals surface area contributed by atoms with E-state index in [9.17, 15) is 4.79 Å². The minimum atomic E-state index is -0.0714. The average molecular weight is 373 g/mol. The molecule has 1 aromatic rings. The number of ether oxygens (including phenoxy) is 1. The lowest BCUT2D eigenvalue weighted by atomic mass is 9.78. The van der Waals surface area contributed by atoms with E-state index in [2.05, 4.69) is 50.9 Å². The van der Waals surface area contributed by atoms with Gasteiger partial charge in [0.2, 0.25) is 5.91 Å². The maximum Gasteiger partial charge on any atom is 0.229 e. The highest BCUT2D eigenvalue weighted by Gasteiger charge is 2.42. The van der Waals surface area contributed by atoms with E-state index in [0.717, 1.165) is 50.0 Å². The summed E-state index contributed by atoms with van der Waals surface area (Å²) in [6.45, 7) is 12.6.